The summed E-state index contributed by atoms with van der Waals surface area (Å²) in [5.41, 5.74) is 2.31. The molecule has 1 fully saturated rings. The minimum atomic E-state index is -0.268. The van der Waals surface area contributed by atoms with E-state index < -0.39 is 0 Å². The van der Waals surface area contributed by atoms with Crippen LogP contribution in [-0.2, 0) is 25.4 Å². The number of esters is 1. The van der Waals surface area contributed by atoms with Gasteiger partial charge in [-0.3, -0.25) is 4.79 Å². The fraction of sp³-hybridized carbons (Fsp3) is 0.435. The molecule has 0 amide bonds. The second-order valence-corrected chi connectivity index (χ2v) is 7.20. The monoisotopic (exact) mass is 368 g/mol. The molecule has 4 atom stereocenters. The van der Waals surface area contributed by atoms with Gasteiger partial charge in [0.05, 0.1) is 12.7 Å². The molecule has 4 nitrogen and oxygen atoms in total. The molecule has 0 radical (unpaired) electrons. The van der Waals surface area contributed by atoms with Gasteiger partial charge in [0.1, 0.15) is 6.10 Å². The van der Waals surface area contributed by atoms with Gasteiger partial charge < -0.3 is 14.2 Å². The van der Waals surface area contributed by atoms with Crippen molar-refractivity contribution in [3.05, 3.63) is 71.8 Å². The third-order valence-corrected chi connectivity index (χ3v) is 4.90. The Balaban J connectivity index is 1.52. The Labute approximate surface area is 161 Å². The predicted octanol–water partition coefficient (Wildman–Crippen LogP) is 4.69. The van der Waals surface area contributed by atoms with E-state index >= 15 is 0 Å². The molecule has 4 unspecified atom stereocenters. The molecule has 4 heteroatoms. The Morgan fingerprint density at radius 3 is 2.44 bits per heavy atom. The first-order valence-corrected chi connectivity index (χ1v) is 9.65. The van der Waals surface area contributed by atoms with Gasteiger partial charge in [-0.1, -0.05) is 67.6 Å². The average molecular weight is 368 g/mol. The van der Waals surface area contributed by atoms with Crippen LogP contribution in [0.15, 0.2) is 60.7 Å². The highest BCUT2D eigenvalue weighted by atomic mass is 16.7. The second kappa shape index (κ2) is 9.67. The topological polar surface area (TPSA) is 44.8 Å². The first-order valence-electron chi connectivity index (χ1n) is 9.65. The molecule has 0 bridgehead atoms. The predicted molar refractivity (Wildman–Crippen MR) is 104 cm³/mol. The summed E-state index contributed by atoms with van der Waals surface area (Å²) in [6.07, 6.45) is 2.17. The molecule has 1 aliphatic rings. The van der Waals surface area contributed by atoms with E-state index in [-0.39, 0.29) is 30.4 Å². The second-order valence-electron chi connectivity index (χ2n) is 7.20. The lowest BCUT2D eigenvalue weighted by Crippen LogP contribution is -2.23. The van der Waals surface area contributed by atoms with Crippen molar-refractivity contribution >= 4 is 5.97 Å². The third-order valence-electron chi connectivity index (χ3n) is 4.90. The lowest BCUT2D eigenvalue weighted by molar-refractivity contribution is -0.150. The number of carbonyl (C=O) groups excluding carboxylic acids is 1. The van der Waals surface area contributed by atoms with Gasteiger partial charge in [0.15, 0.2) is 6.29 Å². The summed E-state index contributed by atoms with van der Waals surface area (Å²) in [7, 11) is 0. The number of hydrogen-bond donors (Lipinski definition) is 0. The maximum Gasteiger partial charge on any atom is 0.303 e. The molecule has 2 aromatic rings. The van der Waals surface area contributed by atoms with Crippen molar-refractivity contribution < 1.29 is 19.0 Å². The number of carbonyl (C=O) groups is 1. The Bertz CT molecular complexity index is 701. The van der Waals surface area contributed by atoms with E-state index in [0.717, 1.165) is 24.8 Å². The van der Waals surface area contributed by atoms with Crippen LogP contribution in [0.5, 0.6) is 0 Å². The lowest BCUT2D eigenvalue weighted by Gasteiger charge is -2.25. The molecule has 0 aliphatic carbocycles. The zero-order chi connectivity index (χ0) is 19.1. The average Bonchev–Trinajstić information content (AvgIpc) is 3.13. The molecular weight excluding hydrogens is 340 g/mol. The van der Waals surface area contributed by atoms with Gasteiger partial charge in [0.2, 0.25) is 0 Å². The maximum atomic E-state index is 11.6. The van der Waals surface area contributed by atoms with E-state index in [4.69, 9.17) is 14.2 Å². The van der Waals surface area contributed by atoms with Crippen LogP contribution in [-0.4, -0.2) is 25.0 Å². The van der Waals surface area contributed by atoms with E-state index in [2.05, 4.69) is 31.2 Å². The number of benzene rings is 2. The molecule has 0 spiro atoms. The van der Waals surface area contributed by atoms with Crippen molar-refractivity contribution in [3.8, 4) is 0 Å². The molecule has 144 valence electrons. The van der Waals surface area contributed by atoms with Gasteiger partial charge in [0, 0.05) is 13.3 Å². The Morgan fingerprint density at radius 2 is 1.78 bits per heavy atom. The number of ether oxygens (including phenoxy) is 3. The van der Waals surface area contributed by atoms with Crippen LogP contribution in [0.2, 0.25) is 0 Å². The van der Waals surface area contributed by atoms with Crippen molar-refractivity contribution in [1.82, 2.24) is 0 Å². The van der Waals surface area contributed by atoms with Crippen molar-refractivity contribution in [3.63, 3.8) is 0 Å². The number of aryl methyl sites for hydroxylation is 1. The highest BCUT2D eigenvalue weighted by Crippen LogP contribution is 2.32. The van der Waals surface area contributed by atoms with Gasteiger partial charge in [-0.2, -0.15) is 0 Å². The van der Waals surface area contributed by atoms with Crippen LogP contribution < -0.4 is 0 Å². The highest BCUT2D eigenvalue weighted by molar-refractivity contribution is 5.66. The van der Waals surface area contributed by atoms with Crippen LogP contribution in [0, 0.1) is 5.92 Å². The van der Waals surface area contributed by atoms with Gasteiger partial charge >= 0.3 is 5.97 Å². The molecule has 1 aliphatic heterocycles. The first kappa shape index (κ1) is 19.6. The Morgan fingerprint density at radius 1 is 1.11 bits per heavy atom. The van der Waals surface area contributed by atoms with Gasteiger partial charge in [-0.25, -0.2) is 0 Å². The van der Waals surface area contributed by atoms with Crippen molar-refractivity contribution in [2.75, 3.05) is 6.61 Å². The molecule has 0 saturated carbocycles. The van der Waals surface area contributed by atoms with Crippen molar-refractivity contribution in [1.29, 1.82) is 0 Å². The largest absolute Gasteiger partial charge is 0.457 e. The quantitative estimate of drug-likeness (QED) is 0.634. The van der Waals surface area contributed by atoms with E-state index in [1.807, 2.05) is 36.4 Å². The molecule has 2 aromatic carbocycles. The number of hydrogen-bond acceptors (Lipinski definition) is 4. The molecule has 1 heterocycles. The van der Waals surface area contributed by atoms with Gasteiger partial charge in [0.25, 0.3) is 0 Å². The summed E-state index contributed by atoms with van der Waals surface area (Å²) in [5.74, 6) is -0.127. The van der Waals surface area contributed by atoms with Crippen LogP contribution >= 0.6 is 0 Å². The van der Waals surface area contributed by atoms with Crippen molar-refractivity contribution in [2.45, 2.75) is 51.6 Å². The summed E-state index contributed by atoms with van der Waals surface area (Å²) in [4.78, 5) is 11.6. The minimum absolute atomic E-state index is 0.0301. The van der Waals surface area contributed by atoms with Gasteiger partial charge in [-0.05, 0) is 29.9 Å². The molecular formula is C23H28O4. The highest BCUT2D eigenvalue weighted by Gasteiger charge is 2.31. The summed E-state index contributed by atoms with van der Waals surface area (Å²) in [6.45, 7) is 4.14. The van der Waals surface area contributed by atoms with E-state index in [1.165, 1.54) is 12.5 Å². The minimum Gasteiger partial charge on any atom is -0.457 e. The van der Waals surface area contributed by atoms with E-state index in [0.29, 0.717) is 6.61 Å². The summed E-state index contributed by atoms with van der Waals surface area (Å²) < 4.78 is 17.5. The van der Waals surface area contributed by atoms with Crippen LogP contribution in [0.1, 0.15) is 43.9 Å². The fourth-order valence-corrected chi connectivity index (χ4v) is 3.58. The molecule has 1 saturated heterocycles. The third kappa shape index (κ3) is 5.91. The summed E-state index contributed by atoms with van der Waals surface area (Å²) >= 11 is 0. The SMILES string of the molecule is CC(=O)OC(c1ccccc1)C(C)CC1COC(CCc2ccccc2)O1. The Hall–Kier alpha value is -2.17. The normalized spacial score (nSPS) is 21.6. The number of rotatable bonds is 8. The molecule has 0 N–H and O–H groups in total. The van der Waals surface area contributed by atoms with Gasteiger partial charge in [-0.15, -0.1) is 0 Å². The molecule has 3 rings (SSSR count). The fourth-order valence-electron chi connectivity index (χ4n) is 3.58. The summed E-state index contributed by atoms with van der Waals surface area (Å²) in [6, 6.07) is 20.3. The van der Waals surface area contributed by atoms with E-state index in [9.17, 15) is 4.79 Å². The summed E-state index contributed by atoms with van der Waals surface area (Å²) in [5, 5.41) is 0. The van der Waals surface area contributed by atoms with E-state index in [1.54, 1.807) is 0 Å². The Kier molecular flexibility index (Phi) is 7.02. The molecule has 27 heavy (non-hydrogen) atoms. The zero-order valence-corrected chi connectivity index (χ0v) is 16.0. The first-order chi connectivity index (χ1) is 13.1. The van der Waals surface area contributed by atoms with Crippen LogP contribution in [0.4, 0.5) is 0 Å². The van der Waals surface area contributed by atoms with Crippen LogP contribution in [0.3, 0.4) is 0 Å². The smallest absolute Gasteiger partial charge is 0.303 e. The van der Waals surface area contributed by atoms with Crippen molar-refractivity contribution in [2.24, 2.45) is 5.92 Å². The zero-order valence-electron chi connectivity index (χ0n) is 16.0. The lowest BCUT2D eigenvalue weighted by atomic mass is 9.92. The standard InChI is InChI=1S/C23H28O4/c1-17(23(26-18(2)24)20-11-7-4-8-12-20)15-21-16-25-22(27-21)14-13-19-9-5-3-6-10-19/h3-12,17,21-23H,13-16H2,1-2H3. The van der Waals surface area contributed by atoms with Crippen LogP contribution in [0.25, 0.3) is 0 Å². The molecule has 0 aromatic heterocycles. The maximum absolute atomic E-state index is 11.6.